The normalized spacial score (nSPS) is 9.11. The molecule has 0 fully saturated rings. The summed E-state index contributed by atoms with van der Waals surface area (Å²) in [5.41, 5.74) is 2.26. The molecule has 0 amide bonds. The van der Waals surface area contributed by atoms with Crippen molar-refractivity contribution in [1.29, 1.82) is 5.26 Å². The Labute approximate surface area is 163 Å². The van der Waals surface area contributed by atoms with E-state index in [0.717, 1.165) is 16.7 Å². The van der Waals surface area contributed by atoms with Gasteiger partial charge in [0.15, 0.2) is 11.5 Å². The SMILES string of the molecule is C.COc1cc(CC#N)c(C)cc1[N+](=O)[O-].COc1ccc(C)cc1[N+](=O)[O-]. The van der Waals surface area contributed by atoms with E-state index in [1.165, 1.54) is 32.4 Å². The number of nitro groups is 2. The summed E-state index contributed by atoms with van der Waals surface area (Å²) in [5, 5.41) is 29.7. The molecule has 150 valence electrons. The van der Waals surface area contributed by atoms with Crippen molar-refractivity contribution in [3.63, 3.8) is 0 Å². The van der Waals surface area contributed by atoms with Crippen molar-refractivity contribution in [2.24, 2.45) is 0 Å². The molecule has 0 unspecified atom stereocenters. The second-order valence-corrected chi connectivity index (χ2v) is 5.47. The standard InChI is InChI=1S/C10H10N2O3.C8H9NO3.CH4/c1-7-5-9(12(13)14)10(15-2)6-8(7)3-4-11;1-6-3-4-8(12-2)7(5-6)9(10)11;/h5-6H,3H2,1-2H3;3-5H,1-2H3;1H4. The number of benzene rings is 2. The number of nitro benzene ring substituents is 2. The van der Waals surface area contributed by atoms with Crippen LogP contribution in [0.4, 0.5) is 11.4 Å². The maximum atomic E-state index is 10.7. The molecule has 0 radical (unpaired) electrons. The van der Waals surface area contributed by atoms with E-state index in [9.17, 15) is 20.2 Å². The Bertz CT molecular complexity index is 890. The van der Waals surface area contributed by atoms with Crippen molar-refractivity contribution in [1.82, 2.24) is 0 Å². The highest BCUT2D eigenvalue weighted by molar-refractivity contribution is 5.52. The second-order valence-electron chi connectivity index (χ2n) is 5.47. The maximum Gasteiger partial charge on any atom is 0.311 e. The molecule has 0 heterocycles. The Morgan fingerprint density at radius 1 is 0.964 bits per heavy atom. The molecule has 0 aromatic heterocycles. The van der Waals surface area contributed by atoms with E-state index in [4.69, 9.17) is 14.7 Å². The number of rotatable bonds is 5. The Kier molecular flexibility index (Phi) is 9.67. The molecule has 0 N–H and O–H groups in total. The Morgan fingerprint density at radius 3 is 1.96 bits per heavy atom. The Morgan fingerprint density at radius 2 is 1.50 bits per heavy atom. The van der Waals surface area contributed by atoms with Crippen LogP contribution in [0, 0.1) is 45.4 Å². The van der Waals surface area contributed by atoms with Crippen molar-refractivity contribution in [3.05, 3.63) is 67.3 Å². The van der Waals surface area contributed by atoms with E-state index in [-0.39, 0.29) is 31.0 Å². The molecule has 2 aromatic carbocycles. The van der Waals surface area contributed by atoms with Crippen LogP contribution in [0.1, 0.15) is 24.1 Å². The molecule has 0 aliphatic rings. The first-order chi connectivity index (χ1) is 12.7. The van der Waals surface area contributed by atoms with Crippen molar-refractivity contribution in [3.8, 4) is 17.6 Å². The molecular formula is C19H23N3O6. The number of nitriles is 1. The number of hydrogen-bond acceptors (Lipinski definition) is 7. The summed E-state index contributed by atoms with van der Waals surface area (Å²) in [6.45, 7) is 3.53. The summed E-state index contributed by atoms with van der Waals surface area (Å²) in [6.07, 6.45) is 0.222. The molecule has 0 saturated carbocycles. The van der Waals surface area contributed by atoms with Gasteiger partial charge in [0.2, 0.25) is 0 Å². The summed E-state index contributed by atoms with van der Waals surface area (Å²) >= 11 is 0. The topological polar surface area (TPSA) is 129 Å². The Balaban J connectivity index is 0.000000514. The van der Waals surface area contributed by atoms with Gasteiger partial charge in [0.05, 0.1) is 36.6 Å². The van der Waals surface area contributed by atoms with Gasteiger partial charge in [-0.3, -0.25) is 20.2 Å². The second kappa shape index (κ2) is 11.1. The zero-order valence-electron chi connectivity index (χ0n) is 15.4. The van der Waals surface area contributed by atoms with Gasteiger partial charge >= 0.3 is 11.4 Å². The zero-order valence-corrected chi connectivity index (χ0v) is 15.4. The number of aryl methyl sites for hydroxylation is 2. The third-order valence-electron chi connectivity index (χ3n) is 3.63. The van der Waals surface area contributed by atoms with Crippen LogP contribution in [0.2, 0.25) is 0 Å². The van der Waals surface area contributed by atoms with Crippen molar-refractivity contribution in [2.45, 2.75) is 27.7 Å². The van der Waals surface area contributed by atoms with E-state index >= 15 is 0 Å². The molecule has 0 atom stereocenters. The van der Waals surface area contributed by atoms with Crippen molar-refractivity contribution >= 4 is 11.4 Å². The summed E-state index contributed by atoms with van der Waals surface area (Å²) in [7, 11) is 2.78. The lowest BCUT2D eigenvalue weighted by Gasteiger charge is -2.06. The highest BCUT2D eigenvalue weighted by Crippen LogP contribution is 2.30. The predicted octanol–water partition coefficient (Wildman–Crippen LogP) is 4.53. The third kappa shape index (κ3) is 6.25. The molecule has 2 aromatic rings. The van der Waals surface area contributed by atoms with Crippen LogP contribution in [-0.4, -0.2) is 24.1 Å². The van der Waals surface area contributed by atoms with Crippen LogP contribution in [-0.2, 0) is 6.42 Å². The van der Waals surface area contributed by atoms with E-state index in [1.54, 1.807) is 26.0 Å². The summed E-state index contributed by atoms with van der Waals surface area (Å²) < 4.78 is 9.72. The van der Waals surface area contributed by atoms with Crippen LogP contribution in [0.15, 0.2) is 30.3 Å². The first kappa shape index (κ1) is 24.3. The fourth-order valence-corrected chi connectivity index (χ4v) is 2.24. The molecule has 0 bridgehead atoms. The molecule has 0 aliphatic heterocycles. The van der Waals surface area contributed by atoms with E-state index < -0.39 is 9.85 Å². The van der Waals surface area contributed by atoms with Crippen LogP contribution in [0.3, 0.4) is 0 Å². The van der Waals surface area contributed by atoms with Gasteiger partial charge < -0.3 is 9.47 Å². The van der Waals surface area contributed by atoms with E-state index in [1.807, 2.05) is 6.07 Å². The molecule has 28 heavy (non-hydrogen) atoms. The summed E-state index contributed by atoms with van der Waals surface area (Å²) in [4.78, 5) is 20.2. The van der Waals surface area contributed by atoms with Crippen LogP contribution < -0.4 is 9.47 Å². The lowest BCUT2D eigenvalue weighted by molar-refractivity contribution is -0.385. The largest absolute Gasteiger partial charge is 0.490 e. The van der Waals surface area contributed by atoms with Crippen molar-refractivity contribution < 1.29 is 19.3 Å². The molecule has 9 nitrogen and oxygen atoms in total. The van der Waals surface area contributed by atoms with E-state index in [0.29, 0.717) is 5.75 Å². The first-order valence-corrected chi connectivity index (χ1v) is 7.73. The van der Waals surface area contributed by atoms with Gasteiger partial charge in [-0.25, -0.2) is 0 Å². The molecule has 0 aliphatic carbocycles. The summed E-state index contributed by atoms with van der Waals surface area (Å²) in [5.74, 6) is 0.487. The lowest BCUT2D eigenvalue weighted by Crippen LogP contribution is -1.97. The minimum atomic E-state index is -0.498. The van der Waals surface area contributed by atoms with Crippen LogP contribution in [0.25, 0.3) is 0 Å². The highest BCUT2D eigenvalue weighted by atomic mass is 16.6. The van der Waals surface area contributed by atoms with Gasteiger partial charge in [-0.1, -0.05) is 13.5 Å². The average Bonchev–Trinajstić information content (AvgIpc) is 2.63. The lowest BCUT2D eigenvalue weighted by atomic mass is 10.0. The molecular weight excluding hydrogens is 366 g/mol. The van der Waals surface area contributed by atoms with Gasteiger partial charge in [-0.2, -0.15) is 5.26 Å². The molecule has 2 rings (SSSR count). The zero-order chi connectivity index (χ0) is 20.6. The molecule has 9 heteroatoms. The van der Waals surface area contributed by atoms with Gasteiger partial charge in [-0.05, 0) is 42.7 Å². The monoisotopic (exact) mass is 389 g/mol. The van der Waals surface area contributed by atoms with Gasteiger partial charge in [-0.15, -0.1) is 0 Å². The van der Waals surface area contributed by atoms with Crippen LogP contribution in [0.5, 0.6) is 11.5 Å². The van der Waals surface area contributed by atoms with Crippen molar-refractivity contribution in [2.75, 3.05) is 14.2 Å². The molecule has 0 saturated heterocycles. The average molecular weight is 389 g/mol. The number of methoxy groups -OCH3 is 2. The Hall–Kier alpha value is -3.67. The van der Waals surface area contributed by atoms with Crippen LogP contribution >= 0.6 is 0 Å². The third-order valence-corrected chi connectivity index (χ3v) is 3.63. The van der Waals surface area contributed by atoms with Gasteiger partial charge in [0, 0.05) is 12.1 Å². The quantitative estimate of drug-likeness (QED) is 0.543. The maximum absolute atomic E-state index is 10.7. The first-order valence-electron chi connectivity index (χ1n) is 7.73. The highest BCUT2D eigenvalue weighted by Gasteiger charge is 2.17. The molecule has 0 spiro atoms. The fraction of sp³-hybridized carbons (Fsp3) is 0.316. The minimum Gasteiger partial charge on any atom is -0.490 e. The number of hydrogen-bond donors (Lipinski definition) is 0. The smallest absolute Gasteiger partial charge is 0.311 e. The fourth-order valence-electron chi connectivity index (χ4n) is 2.24. The number of nitrogens with zero attached hydrogens (tertiary/aromatic N) is 3. The summed E-state index contributed by atoms with van der Waals surface area (Å²) in [6, 6.07) is 9.81. The van der Waals surface area contributed by atoms with Gasteiger partial charge in [0.25, 0.3) is 0 Å². The number of ether oxygens (including phenoxy) is 2. The van der Waals surface area contributed by atoms with Gasteiger partial charge in [0.1, 0.15) is 0 Å². The van der Waals surface area contributed by atoms with E-state index in [2.05, 4.69) is 0 Å². The minimum absolute atomic E-state index is 0. The predicted molar refractivity (Wildman–Crippen MR) is 105 cm³/mol.